The maximum Gasteiger partial charge on any atom is -0.0288 e. The normalized spacial score (nSPS) is 14.3. The summed E-state index contributed by atoms with van der Waals surface area (Å²) >= 11 is 0. The molecular weight excluding hydrogens is 456 g/mol. The average Bonchev–Trinajstić information content (AvgIpc) is 2.83. The quantitative estimate of drug-likeness (QED) is 0.104. The summed E-state index contributed by atoms with van der Waals surface area (Å²) in [5.74, 6) is 0. The molecule has 0 unspecified atom stereocenters. The van der Waals surface area contributed by atoms with E-state index in [1.807, 2.05) is 0 Å². The standard InChI is InChI=1S/C38H64/c1-10-19-33(4)24-15-27-37(8)29-16-25-34(5)21-12-11-13-22-35(6)26-17-30-38(9)31-18-28-36(7)23-14-20-32(2)3/h19-20,22,25,27-28,30H,10-18,21,23-24,26,29,31H2,1-9H3. The molecule has 0 aliphatic carbocycles. The third kappa shape index (κ3) is 24.5. The summed E-state index contributed by atoms with van der Waals surface area (Å²) in [4.78, 5) is 0. The fourth-order valence-corrected chi connectivity index (χ4v) is 4.63. The van der Waals surface area contributed by atoms with E-state index in [-0.39, 0.29) is 0 Å². The van der Waals surface area contributed by atoms with Crippen LogP contribution in [0.5, 0.6) is 0 Å². The van der Waals surface area contributed by atoms with Gasteiger partial charge in [-0.2, -0.15) is 0 Å². The number of allylic oxidation sites excluding steroid dienone is 14. The lowest BCUT2D eigenvalue weighted by atomic mass is 10.0. The van der Waals surface area contributed by atoms with Gasteiger partial charge in [-0.1, -0.05) is 88.5 Å². The first kappa shape index (κ1) is 36.2. The lowest BCUT2D eigenvalue weighted by Crippen LogP contribution is -1.84. The molecule has 0 saturated heterocycles. The molecule has 0 atom stereocenters. The zero-order valence-electron chi connectivity index (χ0n) is 27.1. The molecular formula is C38H64. The minimum absolute atomic E-state index is 1.15. The van der Waals surface area contributed by atoms with Crippen molar-refractivity contribution in [3.8, 4) is 0 Å². The summed E-state index contributed by atoms with van der Waals surface area (Å²) < 4.78 is 0. The Morgan fingerprint density at radius 1 is 0.342 bits per heavy atom. The fraction of sp³-hybridized carbons (Fsp3) is 0.632. The third-order valence-electron chi connectivity index (χ3n) is 7.29. The second-order valence-electron chi connectivity index (χ2n) is 11.9. The minimum atomic E-state index is 1.15. The number of rotatable bonds is 21. The van der Waals surface area contributed by atoms with Gasteiger partial charge in [-0.3, -0.25) is 0 Å². The summed E-state index contributed by atoms with van der Waals surface area (Å²) in [7, 11) is 0. The van der Waals surface area contributed by atoms with Crippen molar-refractivity contribution in [3.63, 3.8) is 0 Å². The van der Waals surface area contributed by atoms with Gasteiger partial charge in [-0.05, 0) is 152 Å². The smallest absolute Gasteiger partial charge is 0.0288 e. The molecule has 0 rings (SSSR count). The molecule has 0 spiro atoms. The highest BCUT2D eigenvalue weighted by Crippen LogP contribution is 2.16. The highest BCUT2D eigenvalue weighted by Gasteiger charge is 1.96. The summed E-state index contributed by atoms with van der Waals surface area (Å²) in [6.45, 7) is 20.3. The molecule has 38 heavy (non-hydrogen) atoms. The van der Waals surface area contributed by atoms with Gasteiger partial charge in [-0.25, -0.2) is 0 Å². The first-order valence-electron chi connectivity index (χ1n) is 15.7. The van der Waals surface area contributed by atoms with Gasteiger partial charge < -0.3 is 0 Å². The Bertz CT molecular complexity index is 827. The van der Waals surface area contributed by atoms with Crippen LogP contribution in [-0.4, -0.2) is 0 Å². The van der Waals surface area contributed by atoms with Crippen molar-refractivity contribution in [2.75, 3.05) is 0 Å². The lowest BCUT2D eigenvalue weighted by Gasteiger charge is -2.04. The van der Waals surface area contributed by atoms with Crippen molar-refractivity contribution in [3.05, 3.63) is 81.5 Å². The summed E-state index contributed by atoms with van der Waals surface area (Å²) in [6, 6.07) is 0. The predicted molar refractivity (Wildman–Crippen MR) is 177 cm³/mol. The first-order valence-corrected chi connectivity index (χ1v) is 15.7. The van der Waals surface area contributed by atoms with Crippen molar-refractivity contribution in [1.82, 2.24) is 0 Å². The van der Waals surface area contributed by atoms with E-state index in [1.54, 1.807) is 22.3 Å². The van der Waals surface area contributed by atoms with Crippen LogP contribution in [0.2, 0.25) is 0 Å². The predicted octanol–water partition coefficient (Wildman–Crippen LogP) is 13.5. The van der Waals surface area contributed by atoms with E-state index in [0.717, 1.165) is 6.42 Å². The van der Waals surface area contributed by atoms with E-state index in [0.29, 0.717) is 0 Å². The van der Waals surface area contributed by atoms with Gasteiger partial charge in [0.2, 0.25) is 0 Å². The summed E-state index contributed by atoms with van der Waals surface area (Å²) in [5, 5.41) is 0. The Kier molecular flexibility index (Phi) is 23.1. The summed E-state index contributed by atoms with van der Waals surface area (Å²) in [5.41, 5.74) is 10.7. The molecule has 0 aliphatic heterocycles. The van der Waals surface area contributed by atoms with Crippen LogP contribution in [0.15, 0.2) is 81.5 Å². The molecule has 0 N–H and O–H groups in total. The van der Waals surface area contributed by atoms with E-state index in [9.17, 15) is 0 Å². The van der Waals surface area contributed by atoms with Crippen LogP contribution in [-0.2, 0) is 0 Å². The monoisotopic (exact) mass is 521 g/mol. The molecule has 216 valence electrons. The molecule has 0 radical (unpaired) electrons. The van der Waals surface area contributed by atoms with E-state index >= 15 is 0 Å². The molecule has 0 amide bonds. The molecule has 0 saturated carbocycles. The van der Waals surface area contributed by atoms with Gasteiger partial charge in [-0.15, -0.1) is 0 Å². The second kappa shape index (κ2) is 24.2. The van der Waals surface area contributed by atoms with Crippen LogP contribution >= 0.6 is 0 Å². The third-order valence-corrected chi connectivity index (χ3v) is 7.29. The van der Waals surface area contributed by atoms with Crippen LogP contribution in [0.25, 0.3) is 0 Å². The van der Waals surface area contributed by atoms with Gasteiger partial charge in [0, 0.05) is 0 Å². The molecule has 0 heteroatoms. The Balaban J connectivity index is 4.02. The Morgan fingerprint density at radius 2 is 0.658 bits per heavy atom. The van der Waals surface area contributed by atoms with Crippen LogP contribution in [0.4, 0.5) is 0 Å². The fourth-order valence-electron chi connectivity index (χ4n) is 4.63. The van der Waals surface area contributed by atoms with Crippen LogP contribution < -0.4 is 0 Å². The Labute approximate surface area is 239 Å². The molecule has 0 aliphatic rings. The average molecular weight is 521 g/mol. The lowest BCUT2D eigenvalue weighted by molar-refractivity contribution is 0.734. The zero-order valence-corrected chi connectivity index (χ0v) is 27.1. The van der Waals surface area contributed by atoms with Crippen LogP contribution in [0.1, 0.15) is 159 Å². The van der Waals surface area contributed by atoms with Crippen LogP contribution in [0, 0.1) is 0 Å². The largest absolute Gasteiger partial charge is 0.0859 e. The number of hydrogen-bond acceptors (Lipinski definition) is 0. The first-order chi connectivity index (χ1) is 18.1. The maximum absolute atomic E-state index is 2.48. The molecule has 0 aromatic heterocycles. The number of unbranched alkanes of at least 4 members (excludes halogenated alkanes) is 2. The topological polar surface area (TPSA) is 0 Å². The number of hydrogen-bond donors (Lipinski definition) is 0. The minimum Gasteiger partial charge on any atom is -0.0859 e. The van der Waals surface area contributed by atoms with Crippen molar-refractivity contribution in [1.29, 1.82) is 0 Å². The van der Waals surface area contributed by atoms with Gasteiger partial charge in [0.25, 0.3) is 0 Å². The molecule has 0 fully saturated rings. The molecule has 0 heterocycles. The summed E-state index contributed by atoms with van der Waals surface area (Å²) in [6.07, 6.45) is 35.1. The van der Waals surface area contributed by atoms with Crippen LogP contribution in [0.3, 0.4) is 0 Å². The highest BCUT2D eigenvalue weighted by atomic mass is 14.0. The molecule has 0 aromatic carbocycles. The van der Waals surface area contributed by atoms with Gasteiger partial charge in [0.1, 0.15) is 0 Å². The molecule has 0 nitrogen and oxygen atoms in total. The van der Waals surface area contributed by atoms with E-state index in [4.69, 9.17) is 0 Å². The molecule has 0 aromatic rings. The van der Waals surface area contributed by atoms with Crippen molar-refractivity contribution in [2.24, 2.45) is 0 Å². The molecule has 0 bridgehead atoms. The van der Waals surface area contributed by atoms with Crippen molar-refractivity contribution < 1.29 is 0 Å². The Hall–Kier alpha value is -1.82. The maximum atomic E-state index is 2.48. The van der Waals surface area contributed by atoms with E-state index in [2.05, 4.69) is 105 Å². The highest BCUT2D eigenvalue weighted by molar-refractivity contribution is 5.08. The van der Waals surface area contributed by atoms with Crippen molar-refractivity contribution in [2.45, 2.75) is 159 Å². The SMILES string of the molecule is CCC=C(C)CCC=C(C)CCC=C(C)CCCCC=C(C)CCC=C(C)CCC=C(C)CCC=C(C)C. The van der Waals surface area contributed by atoms with Crippen molar-refractivity contribution >= 4 is 0 Å². The zero-order chi connectivity index (χ0) is 28.6. The van der Waals surface area contributed by atoms with Gasteiger partial charge in [0.15, 0.2) is 0 Å². The van der Waals surface area contributed by atoms with E-state index in [1.165, 1.54) is 107 Å². The van der Waals surface area contributed by atoms with Gasteiger partial charge >= 0.3 is 0 Å². The van der Waals surface area contributed by atoms with Gasteiger partial charge in [0.05, 0.1) is 0 Å². The second-order valence-corrected chi connectivity index (χ2v) is 11.9. The van der Waals surface area contributed by atoms with E-state index < -0.39 is 0 Å². The Morgan fingerprint density at radius 3 is 1.03 bits per heavy atom.